The number of carbonyl (C=O) groups is 1. The normalized spacial score (nSPS) is 22.4. The van der Waals surface area contributed by atoms with Crippen molar-refractivity contribution in [1.82, 2.24) is 4.90 Å². The first-order valence-corrected chi connectivity index (χ1v) is 12.2. The maximum Gasteiger partial charge on any atom is 0.340 e. The summed E-state index contributed by atoms with van der Waals surface area (Å²) in [6.07, 6.45) is 4.55. The van der Waals surface area contributed by atoms with Crippen molar-refractivity contribution in [3.05, 3.63) is 75.6 Å². The lowest BCUT2D eigenvalue weighted by Gasteiger charge is -2.47. The van der Waals surface area contributed by atoms with E-state index in [4.69, 9.17) is 9.15 Å². The fourth-order valence-corrected chi connectivity index (χ4v) is 5.47. The molecule has 2 aliphatic rings. The Morgan fingerprint density at radius 1 is 1.18 bits per heavy atom. The number of piperidine rings is 1. The molecule has 5 rings (SSSR count). The van der Waals surface area contributed by atoms with Gasteiger partial charge in [0.2, 0.25) is 5.91 Å². The first-order valence-electron chi connectivity index (χ1n) is 12.2. The Labute approximate surface area is 199 Å². The van der Waals surface area contributed by atoms with Crippen molar-refractivity contribution in [2.45, 2.75) is 57.7 Å². The Morgan fingerprint density at radius 3 is 2.82 bits per heavy atom. The Morgan fingerprint density at radius 2 is 2.00 bits per heavy atom. The molecular formula is C28H31NO5. The molecule has 6 nitrogen and oxygen atoms in total. The molecule has 178 valence electrons. The second kappa shape index (κ2) is 9.26. The summed E-state index contributed by atoms with van der Waals surface area (Å²) in [5.41, 5.74) is 1.56. The number of hydrogen-bond donors (Lipinski definition) is 1. The first-order chi connectivity index (χ1) is 16.4. The highest BCUT2D eigenvalue weighted by Gasteiger charge is 2.43. The van der Waals surface area contributed by atoms with Crippen molar-refractivity contribution in [1.29, 1.82) is 0 Å². The van der Waals surface area contributed by atoms with Crippen LogP contribution >= 0.6 is 0 Å². The second-order valence-electron chi connectivity index (χ2n) is 9.74. The molecule has 2 atom stereocenters. The number of benzene rings is 2. The maximum absolute atomic E-state index is 13.1. The summed E-state index contributed by atoms with van der Waals surface area (Å²) in [4.78, 5) is 27.7. The monoisotopic (exact) mass is 461 g/mol. The number of likely N-dealkylation sites (tertiary alicyclic amines) is 1. The van der Waals surface area contributed by atoms with Crippen LogP contribution in [0.4, 0.5) is 0 Å². The zero-order valence-electron chi connectivity index (χ0n) is 19.6. The molecule has 2 heterocycles. The van der Waals surface area contributed by atoms with Gasteiger partial charge < -0.3 is 19.2 Å². The summed E-state index contributed by atoms with van der Waals surface area (Å²) >= 11 is 0. The predicted octanol–water partition coefficient (Wildman–Crippen LogP) is 4.38. The molecule has 34 heavy (non-hydrogen) atoms. The maximum atomic E-state index is 13.1. The number of fused-ring (bicyclic) bond motifs is 2. The lowest BCUT2D eigenvalue weighted by molar-refractivity contribution is -0.142. The Bertz CT molecular complexity index is 1250. The fourth-order valence-electron chi connectivity index (χ4n) is 5.47. The Hall–Kier alpha value is -3.12. The Balaban J connectivity index is 1.31. The molecule has 1 saturated heterocycles. The van der Waals surface area contributed by atoms with E-state index in [0.29, 0.717) is 43.0 Å². The summed E-state index contributed by atoms with van der Waals surface area (Å²) in [6, 6.07) is 15.3. The SMILES string of the molecule is Cc1c(CC(=O)N2CCC3(O)CCCCC3C2)c(=O)oc2cc(OCc3ccccc3)ccc12. The number of hydrogen-bond acceptors (Lipinski definition) is 5. The van der Waals surface area contributed by atoms with Gasteiger partial charge in [-0.25, -0.2) is 4.79 Å². The smallest absolute Gasteiger partial charge is 0.340 e. The summed E-state index contributed by atoms with van der Waals surface area (Å²) in [6.45, 7) is 3.39. The molecule has 1 saturated carbocycles. The molecule has 1 amide bonds. The van der Waals surface area contributed by atoms with E-state index >= 15 is 0 Å². The molecule has 2 unspecified atom stereocenters. The van der Waals surface area contributed by atoms with Gasteiger partial charge in [0.05, 0.1) is 17.6 Å². The average molecular weight is 462 g/mol. The standard InChI is InChI=1S/C28H31NO5/c1-19-23-11-10-22(33-18-20-7-3-2-4-8-20)15-25(23)34-27(31)24(19)16-26(30)29-14-13-28(32)12-6-5-9-21(28)17-29/h2-4,7-8,10-11,15,21,32H,5-6,9,12-14,16-18H2,1H3. The van der Waals surface area contributed by atoms with Gasteiger partial charge in [-0.1, -0.05) is 43.2 Å². The zero-order chi connectivity index (χ0) is 23.7. The van der Waals surface area contributed by atoms with E-state index in [9.17, 15) is 14.7 Å². The molecule has 1 N–H and O–H groups in total. The van der Waals surface area contributed by atoms with E-state index in [-0.39, 0.29) is 18.2 Å². The van der Waals surface area contributed by atoms with Crippen LogP contribution in [0.5, 0.6) is 5.75 Å². The minimum Gasteiger partial charge on any atom is -0.489 e. The van der Waals surface area contributed by atoms with Crippen LogP contribution in [0.2, 0.25) is 0 Å². The first kappa shape index (κ1) is 22.7. The van der Waals surface area contributed by atoms with Crippen LogP contribution in [0.15, 0.2) is 57.7 Å². The molecule has 1 aromatic heterocycles. The highest BCUT2D eigenvalue weighted by atomic mass is 16.5. The van der Waals surface area contributed by atoms with E-state index in [1.165, 1.54) is 0 Å². The van der Waals surface area contributed by atoms with Gasteiger partial charge in [-0.3, -0.25) is 4.79 Å². The van der Waals surface area contributed by atoms with E-state index in [0.717, 1.165) is 42.2 Å². The molecular weight excluding hydrogens is 430 g/mol. The van der Waals surface area contributed by atoms with Gasteiger partial charge in [0.15, 0.2) is 0 Å². The van der Waals surface area contributed by atoms with Crippen LogP contribution in [-0.2, 0) is 17.8 Å². The quantitative estimate of drug-likeness (QED) is 0.571. The molecule has 2 aromatic carbocycles. The zero-order valence-corrected chi connectivity index (χ0v) is 19.6. The van der Waals surface area contributed by atoms with Gasteiger partial charge in [0, 0.05) is 30.5 Å². The van der Waals surface area contributed by atoms with Gasteiger partial charge >= 0.3 is 5.63 Å². The minimum atomic E-state index is -0.632. The highest BCUT2D eigenvalue weighted by Crippen LogP contribution is 2.40. The fraction of sp³-hybridized carbons (Fsp3) is 0.429. The van der Waals surface area contributed by atoms with Crippen molar-refractivity contribution < 1.29 is 19.1 Å². The third-order valence-electron chi connectivity index (χ3n) is 7.62. The predicted molar refractivity (Wildman–Crippen MR) is 130 cm³/mol. The topological polar surface area (TPSA) is 80.0 Å². The van der Waals surface area contributed by atoms with Gasteiger partial charge in [-0.2, -0.15) is 0 Å². The largest absolute Gasteiger partial charge is 0.489 e. The molecule has 3 aromatic rings. The molecule has 1 aliphatic heterocycles. The molecule has 0 spiro atoms. The summed E-state index contributed by atoms with van der Waals surface area (Å²) in [5, 5.41) is 11.7. The Kier molecular flexibility index (Phi) is 6.17. The number of ether oxygens (including phenoxy) is 1. The third kappa shape index (κ3) is 4.47. The summed E-state index contributed by atoms with van der Waals surface area (Å²) in [5.74, 6) is 0.670. The van der Waals surface area contributed by atoms with Crippen LogP contribution < -0.4 is 10.4 Å². The number of aryl methyl sites for hydroxylation is 1. The molecule has 0 bridgehead atoms. The lowest BCUT2D eigenvalue weighted by Crippen LogP contribution is -2.55. The summed E-state index contributed by atoms with van der Waals surface area (Å²) < 4.78 is 11.5. The average Bonchev–Trinajstić information content (AvgIpc) is 2.85. The van der Waals surface area contributed by atoms with E-state index in [1.807, 2.05) is 54.3 Å². The highest BCUT2D eigenvalue weighted by molar-refractivity contribution is 5.85. The number of rotatable bonds is 5. The number of aliphatic hydroxyl groups is 1. The van der Waals surface area contributed by atoms with Crippen LogP contribution in [0.25, 0.3) is 11.0 Å². The van der Waals surface area contributed by atoms with Crippen LogP contribution in [0, 0.1) is 12.8 Å². The number of nitrogens with zero attached hydrogens (tertiary/aromatic N) is 1. The van der Waals surface area contributed by atoms with Gasteiger partial charge in [-0.05, 0) is 49.4 Å². The third-order valence-corrected chi connectivity index (χ3v) is 7.62. The van der Waals surface area contributed by atoms with Crippen LogP contribution in [0.3, 0.4) is 0 Å². The van der Waals surface area contributed by atoms with Gasteiger partial charge in [0.25, 0.3) is 0 Å². The molecule has 6 heteroatoms. The molecule has 1 aliphatic carbocycles. The van der Waals surface area contributed by atoms with Crippen LogP contribution in [-0.4, -0.2) is 34.6 Å². The van der Waals surface area contributed by atoms with Crippen molar-refractivity contribution >= 4 is 16.9 Å². The van der Waals surface area contributed by atoms with E-state index in [2.05, 4.69) is 0 Å². The molecule has 2 fully saturated rings. The molecule has 0 radical (unpaired) electrons. The summed E-state index contributed by atoms with van der Waals surface area (Å²) in [7, 11) is 0. The van der Waals surface area contributed by atoms with E-state index in [1.54, 1.807) is 6.07 Å². The van der Waals surface area contributed by atoms with Gasteiger partial charge in [0.1, 0.15) is 17.9 Å². The van der Waals surface area contributed by atoms with Crippen LogP contribution in [0.1, 0.15) is 48.8 Å². The van der Waals surface area contributed by atoms with Gasteiger partial charge in [-0.15, -0.1) is 0 Å². The number of carbonyl (C=O) groups excluding carboxylic acids is 1. The number of amides is 1. The van der Waals surface area contributed by atoms with Crippen molar-refractivity contribution in [2.75, 3.05) is 13.1 Å². The lowest BCUT2D eigenvalue weighted by atomic mass is 9.71. The second-order valence-corrected chi connectivity index (χ2v) is 9.74. The van der Waals surface area contributed by atoms with Crippen molar-refractivity contribution in [2.24, 2.45) is 5.92 Å². The van der Waals surface area contributed by atoms with E-state index < -0.39 is 11.2 Å². The minimum absolute atomic E-state index is 0.0154. The van der Waals surface area contributed by atoms with Crippen molar-refractivity contribution in [3.8, 4) is 5.75 Å². The van der Waals surface area contributed by atoms with Crippen molar-refractivity contribution in [3.63, 3.8) is 0 Å².